The minimum atomic E-state index is 0.277. The van der Waals surface area contributed by atoms with Crippen LogP contribution in [0.1, 0.15) is 18.5 Å². The highest BCUT2D eigenvalue weighted by Gasteiger charge is 2.15. The highest BCUT2D eigenvalue weighted by atomic mass is 16.3. The van der Waals surface area contributed by atoms with Gasteiger partial charge in [-0.05, 0) is 31.7 Å². The first-order valence-electron chi connectivity index (χ1n) is 6.14. The van der Waals surface area contributed by atoms with Crippen molar-refractivity contribution in [3.05, 3.63) is 29.8 Å². The van der Waals surface area contributed by atoms with E-state index in [2.05, 4.69) is 29.3 Å². The van der Waals surface area contributed by atoms with Crippen LogP contribution >= 0.6 is 0 Å². The lowest BCUT2D eigenvalue weighted by Crippen LogP contribution is -2.51. The molecule has 4 heteroatoms. The van der Waals surface area contributed by atoms with E-state index >= 15 is 0 Å². The summed E-state index contributed by atoms with van der Waals surface area (Å²) in [5.41, 5.74) is 4.70. The van der Waals surface area contributed by atoms with Gasteiger partial charge in [-0.2, -0.15) is 0 Å². The molecule has 0 aromatic heterocycles. The number of hydrazine groups is 1. The number of phenols is 1. The number of nitrogens with one attached hydrogen (secondary N) is 1. The zero-order valence-corrected chi connectivity index (χ0v) is 10.6. The second-order valence-electron chi connectivity index (χ2n) is 4.73. The van der Waals surface area contributed by atoms with Crippen molar-refractivity contribution in [1.82, 2.24) is 15.3 Å². The van der Waals surface area contributed by atoms with Crippen molar-refractivity contribution < 1.29 is 5.11 Å². The molecule has 2 N–H and O–H groups in total. The van der Waals surface area contributed by atoms with Crippen molar-refractivity contribution in [2.45, 2.75) is 13.0 Å². The van der Waals surface area contributed by atoms with Crippen molar-refractivity contribution in [3.63, 3.8) is 0 Å². The predicted molar refractivity (Wildman–Crippen MR) is 68.7 cm³/mol. The molecule has 0 radical (unpaired) electrons. The Morgan fingerprint density at radius 1 is 1.12 bits per heavy atom. The van der Waals surface area contributed by atoms with Crippen LogP contribution in [0.25, 0.3) is 0 Å². The van der Waals surface area contributed by atoms with E-state index in [9.17, 15) is 5.11 Å². The van der Waals surface area contributed by atoms with Gasteiger partial charge in [0.05, 0.1) is 0 Å². The first-order chi connectivity index (χ1) is 8.15. The molecule has 1 unspecified atom stereocenters. The average molecular weight is 235 g/mol. The number of phenolic OH excluding ortho intramolecular Hbond substituents is 1. The van der Waals surface area contributed by atoms with Gasteiger partial charge in [0.15, 0.2) is 0 Å². The molecule has 1 aliphatic rings. The number of nitrogens with zero attached hydrogens (tertiary/aromatic N) is 2. The van der Waals surface area contributed by atoms with Crippen molar-refractivity contribution in [2.75, 3.05) is 33.2 Å². The van der Waals surface area contributed by atoms with Gasteiger partial charge < -0.3 is 10.0 Å². The van der Waals surface area contributed by atoms with Crippen LogP contribution in [0.15, 0.2) is 24.3 Å². The maximum atomic E-state index is 9.25. The van der Waals surface area contributed by atoms with Crippen molar-refractivity contribution in [2.24, 2.45) is 0 Å². The Hall–Kier alpha value is -1.10. The van der Waals surface area contributed by atoms with Gasteiger partial charge in [0.25, 0.3) is 0 Å². The normalized spacial score (nSPS) is 20.4. The third kappa shape index (κ3) is 3.43. The monoisotopic (exact) mass is 235 g/mol. The maximum Gasteiger partial charge on any atom is 0.115 e. The van der Waals surface area contributed by atoms with E-state index < -0.39 is 0 Å². The minimum absolute atomic E-state index is 0.277. The summed E-state index contributed by atoms with van der Waals surface area (Å²) in [6.45, 7) is 6.47. The first-order valence-corrected chi connectivity index (χ1v) is 6.14. The third-order valence-corrected chi connectivity index (χ3v) is 3.27. The van der Waals surface area contributed by atoms with E-state index in [1.54, 1.807) is 12.1 Å². The Kier molecular flexibility index (Phi) is 3.99. The fourth-order valence-electron chi connectivity index (χ4n) is 2.05. The molecule has 17 heavy (non-hydrogen) atoms. The van der Waals surface area contributed by atoms with Crippen LogP contribution in [0.3, 0.4) is 0 Å². The van der Waals surface area contributed by atoms with Crippen LogP contribution in [0.5, 0.6) is 5.75 Å². The first kappa shape index (κ1) is 12.4. The number of piperazine rings is 1. The number of benzene rings is 1. The van der Waals surface area contributed by atoms with E-state index in [1.807, 2.05) is 12.1 Å². The summed E-state index contributed by atoms with van der Waals surface area (Å²) in [6, 6.07) is 7.67. The predicted octanol–water partition coefficient (Wildman–Crippen LogP) is 1.21. The summed E-state index contributed by atoms with van der Waals surface area (Å²) < 4.78 is 0. The fourth-order valence-corrected chi connectivity index (χ4v) is 2.05. The standard InChI is InChI=1S/C13H21N3O/c1-11(12-3-5-13(17)6-4-12)14-16-9-7-15(2)8-10-16/h3-6,11,14,17H,7-10H2,1-2H3. The third-order valence-electron chi connectivity index (χ3n) is 3.27. The van der Waals surface area contributed by atoms with Crippen LogP contribution < -0.4 is 5.43 Å². The summed E-state index contributed by atoms with van der Waals surface area (Å²) in [7, 11) is 2.15. The number of hydrogen-bond donors (Lipinski definition) is 2. The van der Waals surface area contributed by atoms with Gasteiger partial charge in [0.1, 0.15) is 5.75 Å². The van der Waals surface area contributed by atoms with E-state index in [1.165, 1.54) is 5.56 Å². The quantitative estimate of drug-likeness (QED) is 0.826. The Morgan fingerprint density at radius 3 is 2.29 bits per heavy atom. The molecular formula is C13H21N3O. The second-order valence-corrected chi connectivity index (χ2v) is 4.73. The molecular weight excluding hydrogens is 214 g/mol. The van der Waals surface area contributed by atoms with Crippen molar-refractivity contribution >= 4 is 0 Å². The van der Waals surface area contributed by atoms with Crippen molar-refractivity contribution in [1.29, 1.82) is 0 Å². The summed E-state index contributed by atoms with van der Waals surface area (Å²) in [6.07, 6.45) is 0. The highest BCUT2D eigenvalue weighted by molar-refractivity contribution is 5.27. The van der Waals surface area contributed by atoms with E-state index in [4.69, 9.17) is 0 Å². The number of rotatable bonds is 3. The smallest absolute Gasteiger partial charge is 0.115 e. The summed E-state index contributed by atoms with van der Waals surface area (Å²) in [5, 5.41) is 11.5. The van der Waals surface area contributed by atoms with Crippen LogP contribution in [-0.2, 0) is 0 Å². The van der Waals surface area contributed by atoms with E-state index in [-0.39, 0.29) is 6.04 Å². The molecule has 2 rings (SSSR count). The summed E-state index contributed by atoms with van der Waals surface area (Å²) >= 11 is 0. The lowest BCUT2D eigenvalue weighted by Gasteiger charge is -2.34. The maximum absolute atomic E-state index is 9.25. The lowest BCUT2D eigenvalue weighted by molar-refractivity contribution is 0.0899. The topological polar surface area (TPSA) is 38.7 Å². The molecule has 1 saturated heterocycles. The van der Waals surface area contributed by atoms with Crippen molar-refractivity contribution in [3.8, 4) is 5.75 Å². The largest absolute Gasteiger partial charge is 0.508 e. The molecule has 1 heterocycles. The zero-order chi connectivity index (χ0) is 12.3. The molecule has 1 aliphatic heterocycles. The number of hydrogen-bond acceptors (Lipinski definition) is 4. The summed E-state index contributed by atoms with van der Waals surface area (Å²) in [4.78, 5) is 2.34. The molecule has 1 atom stereocenters. The van der Waals surface area contributed by atoms with Gasteiger partial charge in [-0.1, -0.05) is 12.1 Å². The average Bonchev–Trinajstić information content (AvgIpc) is 2.33. The molecule has 0 aliphatic carbocycles. The van der Waals surface area contributed by atoms with Gasteiger partial charge >= 0.3 is 0 Å². The number of likely N-dealkylation sites (N-methyl/N-ethyl adjacent to an activating group) is 1. The molecule has 0 spiro atoms. The molecule has 0 bridgehead atoms. The Bertz CT molecular complexity index is 344. The zero-order valence-electron chi connectivity index (χ0n) is 10.6. The SMILES string of the molecule is CC(NN1CCN(C)CC1)c1ccc(O)cc1. The molecule has 0 saturated carbocycles. The summed E-state index contributed by atoms with van der Waals surface area (Å²) in [5.74, 6) is 0.320. The van der Waals surface area contributed by atoms with Crippen LogP contribution in [0.4, 0.5) is 0 Å². The van der Waals surface area contributed by atoms with E-state index in [0.29, 0.717) is 5.75 Å². The molecule has 1 fully saturated rings. The molecule has 1 aromatic rings. The Labute approximate surface area is 103 Å². The molecule has 1 aromatic carbocycles. The number of aromatic hydroxyl groups is 1. The Balaban J connectivity index is 1.88. The fraction of sp³-hybridized carbons (Fsp3) is 0.538. The van der Waals surface area contributed by atoms with Gasteiger partial charge in [-0.15, -0.1) is 0 Å². The van der Waals surface area contributed by atoms with Gasteiger partial charge in [0.2, 0.25) is 0 Å². The van der Waals surface area contributed by atoms with Crippen LogP contribution in [0.2, 0.25) is 0 Å². The van der Waals surface area contributed by atoms with Crippen LogP contribution in [0, 0.1) is 0 Å². The minimum Gasteiger partial charge on any atom is -0.508 e. The molecule has 0 amide bonds. The lowest BCUT2D eigenvalue weighted by atomic mass is 10.1. The Morgan fingerprint density at radius 2 is 1.71 bits per heavy atom. The van der Waals surface area contributed by atoms with E-state index in [0.717, 1.165) is 26.2 Å². The van der Waals surface area contributed by atoms with Gasteiger partial charge in [0, 0.05) is 32.2 Å². The van der Waals surface area contributed by atoms with Gasteiger partial charge in [-0.25, -0.2) is 10.4 Å². The van der Waals surface area contributed by atoms with Gasteiger partial charge in [-0.3, -0.25) is 0 Å². The molecule has 94 valence electrons. The highest BCUT2D eigenvalue weighted by Crippen LogP contribution is 2.16. The van der Waals surface area contributed by atoms with Crippen LogP contribution in [-0.4, -0.2) is 48.2 Å². The molecule has 4 nitrogen and oxygen atoms in total. The second kappa shape index (κ2) is 5.49.